The molecule has 3 aromatic rings. The number of nitrogens with zero attached hydrogens (tertiary/aromatic N) is 4. The molecular weight excluding hydrogens is 467 g/mol. The summed E-state index contributed by atoms with van der Waals surface area (Å²) >= 11 is 5.96. The lowest BCUT2D eigenvalue weighted by Gasteiger charge is -2.33. The van der Waals surface area contributed by atoms with E-state index in [4.69, 9.17) is 11.6 Å². The molecule has 0 atom stereocenters. The third kappa shape index (κ3) is 4.95. The molecule has 33 heavy (non-hydrogen) atoms. The first-order valence-electron chi connectivity index (χ1n) is 9.99. The van der Waals surface area contributed by atoms with E-state index in [0.717, 1.165) is 32.0 Å². The Morgan fingerprint density at radius 3 is 2.39 bits per heavy atom. The van der Waals surface area contributed by atoms with Gasteiger partial charge in [-0.05, 0) is 43.2 Å². The molecular formula is C22H18ClF5N4O. The Bertz CT molecular complexity index is 1170. The number of hydrogen-bond donors (Lipinski definition) is 0. The van der Waals surface area contributed by atoms with Crippen LogP contribution in [0.15, 0.2) is 53.2 Å². The summed E-state index contributed by atoms with van der Waals surface area (Å²) in [5.74, 6) is -2.63. The molecule has 0 radical (unpaired) electrons. The molecule has 0 spiro atoms. The van der Waals surface area contributed by atoms with Crippen LogP contribution in [0, 0.1) is 11.6 Å². The summed E-state index contributed by atoms with van der Waals surface area (Å²) < 4.78 is 71.4. The second-order valence-electron chi connectivity index (χ2n) is 7.51. The molecule has 2 heterocycles. The molecule has 0 N–H and O–H groups in total. The average molecular weight is 485 g/mol. The highest BCUT2D eigenvalue weighted by Gasteiger charge is 2.38. The van der Waals surface area contributed by atoms with E-state index in [2.05, 4.69) is 21.2 Å². The number of likely N-dealkylation sites (tertiary alicyclic amines) is 1. The van der Waals surface area contributed by atoms with E-state index in [1.54, 1.807) is 4.90 Å². The number of anilines is 1. The van der Waals surface area contributed by atoms with Gasteiger partial charge in [0.1, 0.15) is 17.5 Å². The maximum absolute atomic E-state index is 15.0. The van der Waals surface area contributed by atoms with Gasteiger partial charge in [0, 0.05) is 29.9 Å². The van der Waals surface area contributed by atoms with E-state index in [-0.39, 0.29) is 22.7 Å². The van der Waals surface area contributed by atoms with Crippen LogP contribution < -0.4 is 4.90 Å². The lowest BCUT2D eigenvalue weighted by Crippen LogP contribution is -2.33. The van der Waals surface area contributed by atoms with Crippen LogP contribution in [0.4, 0.5) is 27.6 Å². The van der Waals surface area contributed by atoms with E-state index in [9.17, 15) is 22.0 Å². The van der Waals surface area contributed by atoms with Gasteiger partial charge in [0.2, 0.25) is 5.89 Å². The lowest BCUT2D eigenvalue weighted by molar-refractivity contribution is -0.156. The maximum atomic E-state index is 15.0. The van der Waals surface area contributed by atoms with Crippen LogP contribution in [0.3, 0.4) is 0 Å². The SMILES string of the molecule is C=C(N1CCCC1)N(Cc1ccc(-c2nnc(C(F)(F)F)o2)cc1F)c1ccc(F)c(Cl)c1. The smallest absolute Gasteiger partial charge is 0.413 e. The van der Waals surface area contributed by atoms with Crippen molar-refractivity contribution in [3.05, 3.63) is 76.9 Å². The zero-order valence-corrected chi connectivity index (χ0v) is 17.9. The van der Waals surface area contributed by atoms with E-state index >= 15 is 0 Å². The summed E-state index contributed by atoms with van der Waals surface area (Å²) in [6, 6.07) is 8.00. The molecule has 1 fully saturated rings. The molecule has 11 heteroatoms. The molecule has 0 aliphatic carbocycles. The quantitative estimate of drug-likeness (QED) is 0.386. The summed E-state index contributed by atoms with van der Waals surface area (Å²) in [6.45, 7) is 5.73. The highest BCUT2D eigenvalue weighted by Crippen LogP contribution is 2.32. The Morgan fingerprint density at radius 1 is 1.06 bits per heavy atom. The van der Waals surface area contributed by atoms with Crippen molar-refractivity contribution >= 4 is 17.3 Å². The Hall–Kier alpha value is -3.14. The minimum atomic E-state index is -4.80. The van der Waals surface area contributed by atoms with Crippen molar-refractivity contribution in [3.8, 4) is 11.5 Å². The molecule has 1 aliphatic heterocycles. The lowest BCUT2D eigenvalue weighted by atomic mass is 10.1. The van der Waals surface area contributed by atoms with Crippen molar-refractivity contribution in [2.45, 2.75) is 25.6 Å². The number of aromatic nitrogens is 2. The monoisotopic (exact) mass is 484 g/mol. The summed E-state index contributed by atoms with van der Waals surface area (Å²) in [5, 5.41) is 6.22. The van der Waals surface area contributed by atoms with Crippen LogP contribution in [0.2, 0.25) is 5.02 Å². The van der Waals surface area contributed by atoms with Gasteiger partial charge in [0.05, 0.1) is 11.6 Å². The van der Waals surface area contributed by atoms with Gasteiger partial charge in [-0.3, -0.25) is 0 Å². The number of halogens is 6. The van der Waals surface area contributed by atoms with Gasteiger partial charge >= 0.3 is 12.1 Å². The van der Waals surface area contributed by atoms with Crippen LogP contribution in [0.25, 0.3) is 11.5 Å². The second-order valence-corrected chi connectivity index (χ2v) is 7.92. The normalized spacial score (nSPS) is 14.1. The summed E-state index contributed by atoms with van der Waals surface area (Å²) in [7, 11) is 0. The van der Waals surface area contributed by atoms with E-state index in [0.29, 0.717) is 11.5 Å². The fourth-order valence-electron chi connectivity index (χ4n) is 3.56. The maximum Gasteiger partial charge on any atom is 0.470 e. The molecule has 5 nitrogen and oxygen atoms in total. The molecule has 1 aliphatic rings. The van der Waals surface area contributed by atoms with Gasteiger partial charge < -0.3 is 14.2 Å². The summed E-state index contributed by atoms with van der Waals surface area (Å²) in [5.41, 5.74) is 0.762. The molecule has 4 rings (SSSR count). The highest BCUT2D eigenvalue weighted by atomic mass is 35.5. The van der Waals surface area contributed by atoms with Gasteiger partial charge in [-0.15, -0.1) is 10.2 Å². The van der Waals surface area contributed by atoms with Gasteiger partial charge in [-0.2, -0.15) is 13.2 Å². The predicted molar refractivity (Wildman–Crippen MR) is 112 cm³/mol. The topological polar surface area (TPSA) is 45.4 Å². The Balaban J connectivity index is 1.63. The van der Waals surface area contributed by atoms with Crippen LogP contribution >= 0.6 is 11.6 Å². The standard InChI is InChI=1S/C22H18ClF5N4O/c1-13(31-8-2-3-9-31)32(16-6-7-18(24)17(23)11-16)12-15-5-4-14(10-19(15)25)20-29-30-21(33-20)22(26,27)28/h4-7,10-11H,1-3,8-9,12H2. The van der Waals surface area contributed by atoms with Crippen LogP contribution in [-0.2, 0) is 12.7 Å². The molecule has 174 valence electrons. The van der Waals surface area contributed by atoms with E-state index in [1.807, 2.05) is 4.90 Å². The van der Waals surface area contributed by atoms with Crippen LogP contribution in [-0.4, -0.2) is 28.2 Å². The largest absolute Gasteiger partial charge is 0.470 e. The zero-order chi connectivity index (χ0) is 23.8. The molecule has 0 amide bonds. The van der Waals surface area contributed by atoms with Crippen molar-refractivity contribution in [2.24, 2.45) is 0 Å². The van der Waals surface area contributed by atoms with Crippen molar-refractivity contribution < 1.29 is 26.4 Å². The Labute approximate surface area is 191 Å². The number of hydrogen-bond acceptors (Lipinski definition) is 5. The third-order valence-electron chi connectivity index (χ3n) is 5.29. The van der Waals surface area contributed by atoms with Gasteiger partial charge in [0.25, 0.3) is 0 Å². The van der Waals surface area contributed by atoms with Gasteiger partial charge in [0.15, 0.2) is 0 Å². The predicted octanol–water partition coefficient (Wildman–Crippen LogP) is 6.26. The molecule has 0 unspecified atom stereocenters. The molecule has 2 aromatic carbocycles. The fourth-order valence-corrected chi connectivity index (χ4v) is 3.74. The van der Waals surface area contributed by atoms with E-state index in [1.165, 1.54) is 30.3 Å². The van der Waals surface area contributed by atoms with Crippen molar-refractivity contribution in [1.82, 2.24) is 15.1 Å². The minimum Gasteiger partial charge on any atom is -0.413 e. The Kier molecular flexibility index (Phi) is 6.29. The first kappa shape index (κ1) is 23.0. The zero-order valence-electron chi connectivity index (χ0n) is 17.2. The van der Waals surface area contributed by atoms with Crippen LogP contribution in [0.1, 0.15) is 24.3 Å². The third-order valence-corrected chi connectivity index (χ3v) is 5.58. The molecule has 0 bridgehead atoms. The summed E-state index contributed by atoms with van der Waals surface area (Å²) in [6.07, 6.45) is -2.81. The number of alkyl halides is 3. The number of benzene rings is 2. The van der Waals surface area contributed by atoms with Gasteiger partial charge in [-0.1, -0.05) is 24.2 Å². The van der Waals surface area contributed by atoms with Crippen molar-refractivity contribution in [3.63, 3.8) is 0 Å². The Morgan fingerprint density at radius 2 is 1.79 bits per heavy atom. The number of rotatable bonds is 6. The minimum absolute atomic E-state index is 0.00833. The van der Waals surface area contributed by atoms with Crippen molar-refractivity contribution in [2.75, 3.05) is 18.0 Å². The fraction of sp³-hybridized carbons (Fsp3) is 0.273. The second kappa shape index (κ2) is 9.01. The molecule has 0 saturated carbocycles. The van der Waals surface area contributed by atoms with Crippen LogP contribution in [0.5, 0.6) is 0 Å². The highest BCUT2D eigenvalue weighted by molar-refractivity contribution is 6.31. The summed E-state index contributed by atoms with van der Waals surface area (Å²) in [4.78, 5) is 3.75. The van der Waals surface area contributed by atoms with E-state index < -0.39 is 29.6 Å². The first-order chi connectivity index (χ1) is 15.6. The molecule has 1 saturated heterocycles. The average Bonchev–Trinajstić information content (AvgIpc) is 3.47. The first-order valence-corrected chi connectivity index (χ1v) is 10.4. The van der Waals surface area contributed by atoms with Gasteiger partial charge in [-0.25, -0.2) is 8.78 Å². The molecule has 1 aromatic heterocycles. The van der Waals surface area contributed by atoms with Crippen molar-refractivity contribution in [1.29, 1.82) is 0 Å².